The number of carboxylic acid groups (broad SMARTS) is 1. The lowest BCUT2D eigenvalue weighted by Crippen LogP contribution is -2.03. The van der Waals surface area contributed by atoms with Crippen molar-refractivity contribution in [3.05, 3.63) is 24.4 Å². The molecule has 1 aromatic heterocycles. The third-order valence-electron chi connectivity index (χ3n) is 2.84. The Hall–Kier alpha value is -2.17. The highest BCUT2D eigenvalue weighted by atomic mass is 16.5. The molecule has 5 nitrogen and oxygen atoms in total. The zero-order valence-electron chi connectivity index (χ0n) is 10.3. The standard InChI is InChI=1S/C13H15NO4/c1-17-11-7-9-3-5-14(6-4-13(15)16)10(9)8-12(11)18-2/h3,5,7-8H,4,6H2,1-2H3,(H,15,16). The van der Waals surface area contributed by atoms with Gasteiger partial charge in [-0.15, -0.1) is 0 Å². The SMILES string of the molecule is COc1cc2ccn(CCC(=O)O)c2cc1OC. The Morgan fingerprint density at radius 1 is 1.28 bits per heavy atom. The smallest absolute Gasteiger partial charge is 0.305 e. The first-order chi connectivity index (χ1) is 8.65. The summed E-state index contributed by atoms with van der Waals surface area (Å²) in [4.78, 5) is 10.6. The first-order valence-electron chi connectivity index (χ1n) is 5.58. The highest BCUT2D eigenvalue weighted by Gasteiger charge is 2.09. The second-order valence-corrected chi connectivity index (χ2v) is 3.92. The Kier molecular flexibility index (Phi) is 3.41. The largest absolute Gasteiger partial charge is 0.493 e. The molecule has 0 spiro atoms. The molecule has 1 heterocycles. The number of nitrogens with zero attached hydrogens (tertiary/aromatic N) is 1. The number of fused-ring (bicyclic) bond motifs is 1. The molecule has 0 aliphatic heterocycles. The number of ether oxygens (including phenoxy) is 2. The summed E-state index contributed by atoms with van der Waals surface area (Å²) in [7, 11) is 3.17. The van der Waals surface area contributed by atoms with Gasteiger partial charge in [0.2, 0.25) is 0 Å². The predicted octanol–water partition coefficient (Wildman–Crippen LogP) is 2.13. The van der Waals surface area contributed by atoms with Crippen LogP contribution < -0.4 is 9.47 Å². The number of carbonyl (C=O) groups is 1. The molecule has 0 aliphatic carbocycles. The van der Waals surface area contributed by atoms with Gasteiger partial charge in [0.05, 0.1) is 26.2 Å². The van der Waals surface area contributed by atoms with Crippen molar-refractivity contribution in [3.8, 4) is 11.5 Å². The molecule has 2 aromatic rings. The number of methoxy groups -OCH3 is 2. The third-order valence-corrected chi connectivity index (χ3v) is 2.84. The number of aryl methyl sites for hydroxylation is 1. The first-order valence-corrected chi connectivity index (χ1v) is 5.58. The number of hydrogen-bond acceptors (Lipinski definition) is 3. The summed E-state index contributed by atoms with van der Waals surface area (Å²) in [6.07, 6.45) is 1.96. The Morgan fingerprint density at radius 2 is 1.94 bits per heavy atom. The van der Waals surface area contributed by atoms with E-state index in [2.05, 4.69) is 0 Å². The molecule has 0 fully saturated rings. The molecule has 0 saturated heterocycles. The molecular weight excluding hydrogens is 234 g/mol. The van der Waals surface area contributed by atoms with Crippen molar-refractivity contribution in [2.24, 2.45) is 0 Å². The third kappa shape index (κ3) is 2.25. The lowest BCUT2D eigenvalue weighted by molar-refractivity contribution is -0.137. The van der Waals surface area contributed by atoms with Crippen LogP contribution in [-0.4, -0.2) is 29.9 Å². The molecule has 18 heavy (non-hydrogen) atoms. The van der Waals surface area contributed by atoms with Crippen LogP contribution in [0.25, 0.3) is 10.9 Å². The molecule has 96 valence electrons. The summed E-state index contributed by atoms with van der Waals surface area (Å²) in [6, 6.07) is 5.67. The van der Waals surface area contributed by atoms with E-state index in [-0.39, 0.29) is 6.42 Å². The predicted molar refractivity (Wildman–Crippen MR) is 67.3 cm³/mol. The van der Waals surface area contributed by atoms with Crippen LogP contribution >= 0.6 is 0 Å². The maximum atomic E-state index is 10.6. The summed E-state index contributed by atoms with van der Waals surface area (Å²) in [5, 5.41) is 9.71. The second kappa shape index (κ2) is 5.00. The molecule has 0 aliphatic rings. The second-order valence-electron chi connectivity index (χ2n) is 3.92. The van der Waals surface area contributed by atoms with E-state index in [0.717, 1.165) is 10.9 Å². The van der Waals surface area contributed by atoms with Gasteiger partial charge in [0.15, 0.2) is 11.5 Å². The zero-order chi connectivity index (χ0) is 13.1. The molecule has 1 N–H and O–H groups in total. The Morgan fingerprint density at radius 3 is 2.56 bits per heavy atom. The van der Waals surface area contributed by atoms with Crippen LogP contribution in [0.15, 0.2) is 24.4 Å². The van der Waals surface area contributed by atoms with Crippen LogP contribution in [0.1, 0.15) is 6.42 Å². The number of carboxylic acids is 1. The van der Waals surface area contributed by atoms with E-state index in [1.807, 2.05) is 29.0 Å². The molecule has 0 saturated carbocycles. The normalized spacial score (nSPS) is 10.6. The lowest BCUT2D eigenvalue weighted by Gasteiger charge is -2.09. The lowest BCUT2D eigenvalue weighted by atomic mass is 10.2. The monoisotopic (exact) mass is 249 g/mol. The van der Waals surface area contributed by atoms with E-state index in [0.29, 0.717) is 18.0 Å². The molecule has 1 aromatic carbocycles. The van der Waals surface area contributed by atoms with Crippen molar-refractivity contribution in [1.82, 2.24) is 4.57 Å². The van der Waals surface area contributed by atoms with E-state index in [1.165, 1.54) is 0 Å². The van der Waals surface area contributed by atoms with Crippen molar-refractivity contribution in [2.75, 3.05) is 14.2 Å². The highest BCUT2D eigenvalue weighted by Crippen LogP contribution is 2.32. The summed E-state index contributed by atoms with van der Waals surface area (Å²) in [5.74, 6) is 0.499. The van der Waals surface area contributed by atoms with Gasteiger partial charge in [-0.3, -0.25) is 4.79 Å². The van der Waals surface area contributed by atoms with Crippen LogP contribution in [0.5, 0.6) is 11.5 Å². The van der Waals surface area contributed by atoms with Crippen LogP contribution in [0.2, 0.25) is 0 Å². The molecule has 0 atom stereocenters. The van der Waals surface area contributed by atoms with E-state index >= 15 is 0 Å². The van der Waals surface area contributed by atoms with Gasteiger partial charge in [-0.1, -0.05) is 0 Å². The summed E-state index contributed by atoms with van der Waals surface area (Å²) < 4.78 is 12.4. The Bertz CT molecular complexity index is 574. The van der Waals surface area contributed by atoms with Crippen molar-refractivity contribution < 1.29 is 19.4 Å². The van der Waals surface area contributed by atoms with Crippen molar-refractivity contribution >= 4 is 16.9 Å². The fourth-order valence-electron chi connectivity index (χ4n) is 1.93. The zero-order valence-corrected chi connectivity index (χ0v) is 10.3. The summed E-state index contributed by atoms with van der Waals surface area (Å²) in [5.41, 5.74) is 0.939. The average Bonchev–Trinajstić information content (AvgIpc) is 2.76. The summed E-state index contributed by atoms with van der Waals surface area (Å²) >= 11 is 0. The maximum absolute atomic E-state index is 10.6. The van der Waals surface area contributed by atoms with Gasteiger partial charge in [-0.2, -0.15) is 0 Å². The molecule has 0 bridgehead atoms. The van der Waals surface area contributed by atoms with Gasteiger partial charge < -0.3 is 19.1 Å². The van der Waals surface area contributed by atoms with E-state index in [9.17, 15) is 4.79 Å². The Balaban J connectivity index is 2.42. The quantitative estimate of drug-likeness (QED) is 0.881. The van der Waals surface area contributed by atoms with Crippen molar-refractivity contribution in [2.45, 2.75) is 13.0 Å². The van der Waals surface area contributed by atoms with Crippen LogP contribution in [0, 0.1) is 0 Å². The molecule has 0 radical (unpaired) electrons. The van der Waals surface area contributed by atoms with E-state index in [1.54, 1.807) is 14.2 Å². The number of rotatable bonds is 5. The van der Waals surface area contributed by atoms with Gasteiger partial charge >= 0.3 is 5.97 Å². The van der Waals surface area contributed by atoms with E-state index in [4.69, 9.17) is 14.6 Å². The topological polar surface area (TPSA) is 60.7 Å². The molecule has 0 amide bonds. The van der Waals surface area contributed by atoms with Gasteiger partial charge in [-0.05, 0) is 12.1 Å². The fourth-order valence-corrected chi connectivity index (χ4v) is 1.93. The van der Waals surface area contributed by atoms with Crippen LogP contribution in [-0.2, 0) is 11.3 Å². The molecule has 5 heteroatoms. The number of aromatic nitrogens is 1. The van der Waals surface area contributed by atoms with Gasteiger partial charge in [0.25, 0.3) is 0 Å². The van der Waals surface area contributed by atoms with Gasteiger partial charge in [0.1, 0.15) is 0 Å². The minimum Gasteiger partial charge on any atom is -0.493 e. The maximum Gasteiger partial charge on any atom is 0.305 e. The van der Waals surface area contributed by atoms with Gasteiger partial charge in [0, 0.05) is 24.2 Å². The minimum absolute atomic E-state index is 0.0954. The number of benzene rings is 1. The Labute approximate surface area is 105 Å². The summed E-state index contributed by atoms with van der Waals surface area (Å²) in [6.45, 7) is 0.439. The highest BCUT2D eigenvalue weighted by molar-refractivity contribution is 5.84. The van der Waals surface area contributed by atoms with Crippen molar-refractivity contribution in [3.63, 3.8) is 0 Å². The molecule has 0 unspecified atom stereocenters. The molecule has 2 rings (SSSR count). The average molecular weight is 249 g/mol. The van der Waals surface area contributed by atoms with Gasteiger partial charge in [-0.25, -0.2) is 0 Å². The first kappa shape index (κ1) is 12.3. The minimum atomic E-state index is -0.808. The number of hydrogen-bond donors (Lipinski definition) is 1. The molecular formula is C13H15NO4. The van der Waals surface area contributed by atoms with Crippen LogP contribution in [0.4, 0.5) is 0 Å². The van der Waals surface area contributed by atoms with Crippen LogP contribution in [0.3, 0.4) is 0 Å². The van der Waals surface area contributed by atoms with E-state index < -0.39 is 5.97 Å². The number of aliphatic carboxylic acids is 1. The fraction of sp³-hybridized carbons (Fsp3) is 0.308. The van der Waals surface area contributed by atoms with Crippen molar-refractivity contribution in [1.29, 1.82) is 0 Å².